The first-order valence-corrected chi connectivity index (χ1v) is 5.81. The molecule has 0 aromatic heterocycles. The van der Waals surface area contributed by atoms with Gasteiger partial charge in [-0.1, -0.05) is 0 Å². The third kappa shape index (κ3) is 2.45. The second kappa shape index (κ2) is 5.34. The van der Waals surface area contributed by atoms with Gasteiger partial charge in [0, 0.05) is 6.54 Å². The van der Waals surface area contributed by atoms with Gasteiger partial charge in [0.1, 0.15) is 5.54 Å². The van der Waals surface area contributed by atoms with Crippen molar-refractivity contribution in [3.63, 3.8) is 0 Å². The second-order valence-electron chi connectivity index (χ2n) is 4.40. The summed E-state index contributed by atoms with van der Waals surface area (Å²) in [6.07, 6.45) is 0.924. The Kier molecular flexibility index (Phi) is 4.28. The predicted octanol–water partition coefficient (Wildman–Crippen LogP) is -0.657. The summed E-state index contributed by atoms with van der Waals surface area (Å²) in [6, 6.07) is -1.46. The zero-order valence-electron chi connectivity index (χ0n) is 10.5. The molecule has 2 atom stereocenters. The summed E-state index contributed by atoms with van der Waals surface area (Å²) in [7, 11) is 0. The molecule has 2 unspecified atom stereocenters. The molecule has 1 fully saturated rings. The van der Waals surface area contributed by atoms with Crippen molar-refractivity contribution in [2.24, 2.45) is 5.73 Å². The van der Waals surface area contributed by atoms with Crippen LogP contribution in [-0.4, -0.2) is 52.6 Å². The van der Waals surface area contributed by atoms with Crippen molar-refractivity contribution in [3.05, 3.63) is 0 Å². The summed E-state index contributed by atoms with van der Waals surface area (Å²) in [4.78, 5) is 35.8. The van der Waals surface area contributed by atoms with Crippen molar-refractivity contribution in [3.8, 4) is 0 Å². The fourth-order valence-corrected chi connectivity index (χ4v) is 2.04. The molecule has 0 aliphatic carbocycles. The second-order valence-corrected chi connectivity index (χ2v) is 4.40. The minimum absolute atomic E-state index is 0.121. The summed E-state index contributed by atoms with van der Waals surface area (Å²) in [5.74, 6) is -2.62. The van der Waals surface area contributed by atoms with E-state index < -0.39 is 29.4 Å². The largest absolute Gasteiger partial charge is 0.480 e. The Morgan fingerprint density at radius 1 is 1.50 bits per heavy atom. The minimum atomic E-state index is -1.46. The summed E-state index contributed by atoms with van der Waals surface area (Å²) in [5.41, 5.74) is 4.20. The summed E-state index contributed by atoms with van der Waals surface area (Å²) in [5, 5.41) is 9.16. The minimum Gasteiger partial charge on any atom is -0.480 e. The van der Waals surface area contributed by atoms with Crippen LogP contribution in [0.25, 0.3) is 0 Å². The fraction of sp³-hybridized carbons (Fsp3) is 0.727. The van der Waals surface area contributed by atoms with E-state index in [9.17, 15) is 14.4 Å². The van der Waals surface area contributed by atoms with Gasteiger partial charge in [0.2, 0.25) is 0 Å². The lowest BCUT2D eigenvalue weighted by atomic mass is 9.98. The number of nitrogens with two attached hydrogens (primary N) is 1. The number of hydrogen-bond acceptors (Lipinski definition) is 5. The molecule has 0 radical (unpaired) electrons. The highest BCUT2D eigenvalue weighted by molar-refractivity contribution is 6.03. The van der Waals surface area contributed by atoms with Crippen LogP contribution in [0.4, 0.5) is 0 Å². The van der Waals surface area contributed by atoms with Gasteiger partial charge in [0.05, 0.1) is 6.61 Å². The number of carboxylic acid groups (broad SMARTS) is 1. The van der Waals surface area contributed by atoms with E-state index in [0.717, 1.165) is 4.90 Å². The number of likely N-dealkylation sites (tertiary alicyclic amines) is 1. The molecule has 7 heteroatoms. The van der Waals surface area contributed by atoms with Crippen molar-refractivity contribution in [2.45, 2.75) is 38.3 Å². The van der Waals surface area contributed by atoms with Gasteiger partial charge in [-0.2, -0.15) is 0 Å². The molecule has 0 saturated carbocycles. The molecule has 1 saturated heterocycles. The van der Waals surface area contributed by atoms with Gasteiger partial charge in [-0.3, -0.25) is 4.79 Å². The number of carbonyl (C=O) groups is 3. The molecule has 0 aromatic carbocycles. The maximum Gasteiger partial charge on any atom is 0.332 e. The number of rotatable bonds is 4. The van der Waals surface area contributed by atoms with Crippen LogP contribution in [0.15, 0.2) is 0 Å². The number of carboxylic acids is 1. The number of carbonyl (C=O) groups excluding carboxylic acids is 2. The standard InChI is InChI=1S/C11H18N2O5/c1-3-18-9(15)7(12)8(14)13-6-4-5-11(13,2)10(16)17/h7H,3-6,12H2,1-2H3,(H,16,17). The van der Waals surface area contributed by atoms with E-state index in [1.165, 1.54) is 6.92 Å². The molecule has 0 aromatic rings. The quantitative estimate of drug-likeness (QED) is 0.512. The normalized spacial score (nSPS) is 24.7. The Bertz CT molecular complexity index is 370. The molecule has 0 bridgehead atoms. The Balaban J connectivity index is 2.83. The van der Waals surface area contributed by atoms with E-state index >= 15 is 0 Å². The molecule has 18 heavy (non-hydrogen) atoms. The fourth-order valence-electron chi connectivity index (χ4n) is 2.04. The third-order valence-corrected chi connectivity index (χ3v) is 3.17. The maximum absolute atomic E-state index is 12.0. The zero-order valence-corrected chi connectivity index (χ0v) is 10.5. The van der Waals surface area contributed by atoms with E-state index in [0.29, 0.717) is 12.8 Å². The Morgan fingerprint density at radius 2 is 2.11 bits per heavy atom. The monoisotopic (exact) mass is 258 g/mol. The van der Waals surface area contributed by atoms with Gasteiger partial charge in [-0.25, -0.2) is 9.59 Å². The van der Waals surface area contributed by atoms with Crippen LogP contribution >= 0.6 is 0 Å². The van der Waals surface area contributed by atoms with Crippen LogP contribution < -0.4 is 5.73 Å². The summed E-state index contributed by atoms with van der Waals surface area (Å²) < 4.78 is 4.65. The number of aliphatic carboxylic acids is 1. The smallest absolute Gasteiger partial charge is 0.332 e. The highest BCUT2D eigenvalue weighted by Crippen LogP contribution is 2.29. The topological polar surface area (TPSA) is 110 Å². The highest BCUT2D eigenvalue weighted by Gasteiger charge is 2.48. The number of hydrogen-bond donors (Lipinski definition) is 2. The molecule has 102 valence electrons. The molecule has 7 nitrogen and oxygen atoms in total. The Labute approximate surface area is 105 Å². The van der Waals surface area contributed by atoms with Crippen LogP contribution in [0.5, 0.6) is 0 Å². The Hall–Kier alpha value is -1.63. The van der Waals surface area contributed by atoms with Crippen molar-refractivity contribution >= 4 is 17.8 Å². The van der Waals surface area contributed by atoms with Crippen LogP contribution in [-0.2, 0) is 19.1 Å². The van der Waals surface area contributed by atoms with Crippen molar-refractivity contribution in [2.75, 3.05) is 13.2 Å². The highest BCUT2D eigenvalue weighted by atomic mass is 16.5. The third-order valence-electron chi connectivity index (χ3n) is 3.17. The zero-order chi connectivity index (χ0) is 13.9. The van der Waals surface area contributed by atoms with Gasteiger partial charge in [0.15, 0.2) is 6.04 Å². The predicted molar refractivity (Wildman–Crippen MR) is 61.6 cm³/mol. The van der Waals surface area contributed by atoms with Gasteiger partial charge in [0.25, 0.3) is 5.91 Å². The molecular formula is C11H18N2O5. The average molecular weight is 258 g/mol. The summed E-state index contributed by atoms with van der Waals surface area (Å²) >= 11 is 0. The lowest BCUT2D eigenvalue weighted by Crippen LogP contribution is -2.57. The first kappa shape index (κ1) is 14.4. The van der Waals surface area contributed by atoms with E-state index in [2.05, 4.69) is 4.74 Å². The van der Waals surface area contributed by atoms with Crippen molar-refractivity contribution in [1.29, 1.82) is 0 Å². The molecule has 1 heterocycles. The molecule has 1 rings (SSSR count). The molecular weight excluding hydrogens is 240 g/mol. The van der Waals surface area contributed by atoms with Gasteiger partial charge in [-0.05, 0) is 26.7 Å². The Morgan fingerprint density at radius 3 is 2.61 bits per heavy atom. The van der Waals surface area contributed by atoms with Crippen LogP contribution in [0.1, 0.15) is 26.7 Å². The maximum atomic E-state index is 12.0. The van der Waals surface area contributed by atoms with Crippen LogP contribution in [0.3, 0.4) is 0 Å². The molecule has 0 spiro atoms. The SMILES string of the molecule is CCOC(=O)C(N)C(=O)N1CCCC1(C)C(=O)O. The number of ether oxygens (including phenoxy) is 1. The first-order chi connectivity index (χ1) is 8.34. The van der Waals surface area contributed by atoms with E-state index in [1.54, 1.807) is 6.92 Å². The van der Waals surface area contributed by atoms with Gasteiger partial charge in [-0.15, -0.1) is 0 Å². The first-order valence-electron chi connectivity index (χ1n) is 5.81. The van der Waals surface area contributed by atoms with Crippen LogP contribution in [0.2, 0.25) is 0 Å². The molecule has 3 N–H and O–H groups in total. The lowest BCUT2D eigenvalue weighted by molar-refractivity contribution is -0.160. The molecule has 1 amide bonds. The number of amides is 1. The van der Waals surface area contributed by atoms with Crippen LogP contribution in [0, 0.1) is 0 Å². The molecule has 1 aliphatic rings. The lowest BCUT2D eigenvalue weighted by Gasteiger charge is -2.32. The number of nitrogens with zero attached hydrogens (tertiary/aromatic N) is 1. The van der Waals surface area contributed by atoms with E-state index in [4.69, 9.17) is 10.8 Å². The molecule has 1 aliphatic heterocycles. The van der Waals surface area contributed by atoms with Crippen molar-refractivity contribution in [1.82, 2.24) is 4.90 Å². The van der Waals surface area contributed by atoms with Gasteiger partial charge >= 0.3 is 11.9 Å². The van der Waals surface area contributed by atoms with Gasteiger partial charge < -0.3 is 20.5 Å². The number of esters is 1. The summed E-state index contributed by atoms with van der Waals surface area (Å²) in [6.45, 7) is 3.47. The van der Waals surface area contributed by atoms with E-state index in [1.807, 2.05) is 0 Å². The van der Waals surface area contributed by atoms with Crippen molar-refractivity contribution < 1.29 is 24.2 Å². The van der Waals surface area contributed by atoms with E-state index in [-0.39, 0.29) is 13.2 Å². The average Bonchev–Trinajstić information content (AvgIpc) is 2.71.